The number of allylic oxidation sites excluding steroid dienone is 1. The van der Waals surface area contributed by atoms with Crippen LogP contribution in [0.15, 0.2) is 40.0 Å². The molecule has 1 N–H and O–H groups in total. The minimum atomic E-state index is -0.509. The van der Waals surface area contributed by atoms with Gasteiger partial charge in [0.1, 0.15) is 0 Å². The molecule has 2 rings (SSSR count). The van der Waals surface area contributed by atoms with Gasteiger partial charge in [0.15, 0.2) is 0 Å². The average molecular weight is 367 g/mol. The summed E-state index contributed by atoms with van der Waals surface area (Å²) in [6.07, 6.45) is 0.806. The smallest absolute Gasteiger partial charge is 0.337 e. The number of halogens is 1. The molecule has 5 nitrogen and oxygen atoms in total. The van der Waals surface area contributed by atoms with Crippen LogP contribution in [0.4, 0.5) is 4.79 Å². The number of amides is 2. The molecule has 1 atom stereocenters. The molecule has 6 heteroatoms. The summed E-state index contributed by atoms with van der Waals surface area (Å²) in [6.45, 7) is 4.33. The molecule has 118 valence electrons. The minimum absolute atomic E-state index is 0.197. The molecule has 0 unspecified atom stereocenters. The Bertz CT molecular complexity index is 628. The fourth-order valence-electron chi connectivity index (χ4n) is 2.58. The molecule has 0 radical (unpaired) electrons. The first-order chi connectivity index (χ1) is 10.5. The maximum absolute atomic E-state index is 12.3. The molecule has 1 aromatic carbocycles. The summed E-state index contributed by atoms with van der Waals surface area (Å²) < 4.78 is 5.80. The van der Waals surface area contributed by atoms with Gasteiger partial charge in [0.25, 0.3) is 0 Å². The van der Waals surface area contributed by atoms with Crippen molar-refractivity contribution in [2.75, 3.05) is 13.7 Å². The molecule has 1 aliphatic heterocycles. The van der Waals surface area contributed by atoms with Gasteiger partial charge in [-0.3, -0.25) is 4.90 Å². The van der Waals surface area contributed by atoms with E-state index in [9.17, 15) is 9.59 Å². The van der Waals surface area contributed by atoms with Crippen LogP contribution in [0.2, 0.25) is 0 Å². The molecular weight excluding hydrogens is 348 g/mol. The molecule has 0 aromatic heterocycles. The lowest BCUT2D eigenvalue weighted by molar-refractivity contribution is -0.136. The summed E-state index contributed by atoms with van der Waals surface area (Å²) in [5, 5.41) is 2.90. The highest BCUT2D eigenvalue weighted by Gasteiger charge is 2.35. The molecule has 0 saturated carbocycles. The molecule has 0 spiro atoms. The highest BCUT2D eigenvalue weighted by molar-refractivity contribution is 9.10. The van der Waals surface area contributed by atoms with Crippen molar-refractivity contribution in [2.24, 2.45) is 0 Å². The van der Waals surface area contributed by atoms with Gasteiger partial charge < -0.3 is 10.1 Å². The lowest BCUT2D eigenvalue weighted by Gasteiger charge is -2.35. The van der Waals surface area contributed by atoms with Crippen LogP contribution in [0.25, 0.3) is 0 Å². The zero-order chi connectivity index (χ0) is 16.3. The summed E-state index contributed by atoms with van der Waals surface area (Å²) in [4.78, 5) is 26.2. The van der Waals surface area contributed by atoms with Crippen LogP contribution in [-0.4, -0.2) is 30.6 Å². The average Bonchev–Trinajstić information content (AvgIpc) is 2.50. The number of benzene rings is 1. The number of urea groups is 1. The normalized spacial score (nSPS) is 18.3. The molecule has 1 aromatic rings. The molecule has 0 fully saturated rings. The Balaban J connectivity index is 2.53. The van der Waals surface area contributed by atoms with Gasteiger partial charge in [0.2, 0.25) is 0 Å². The Morgan fingerprint density at radius 1 is 1.45 bits per heavy atom. The fourth-order valence-corrected chi connectivity index (χ4v) is 3.00. The molecule has 0 saturated heterocycles. The number of nitrogens with zero attached hydrogens (tertiary/aromatic N) is 1. The first-order valence-electron chi connectivity index (χ1n) is 7.12. The Morgan fingerprint density at radius 2 is 2.18 bits per heavy atom. The maximum Gasteiger partial charge on any atom is 0.337 e. The van der Waals surface area contributed by atoms with E-state index in [0.717, 1.165) is 16.5 Å². The molecular formula is C16H19BrN2O3. The number of ether oxygens (including phenoxy) is 1. The number of carbonyl (C=O) groups is 2. The van der Waals surface area contributed by atoms with Crippen molar-refractivity contribution in [1.29, 1.82) is 0 Å². The van der Waals surface area contributed by atoms with E-state index in [1.807, 2.05) is 31.2 Å². The molecule has 22 heavy (non-hydrogen) atoms. The van der Waals surface area contributed by atoms with E-state index in [0.29, 0.717) is 17.8 Å². The van der Waals surface area contributed by atoms with Gasteiger partial charge in [-0.1, -0.05) is 35.0 Å². The van der Waals surface area contributed by atoms with E-state index < -0.39 is 12.0 Å². The lowest BCUT2D eigenvalue weighted by atomic mass is 9.95. The zero-order valence-corrected chi connectivity index (χ0v) is 14.4. The van der Waals surface area contributed by atoms with Crippen LogP contribution in [0.3, 0.4) is 0 Å². The van der Waals surface area contributed by atoms with Crippen molar-refractivity contribution >= 4 is 27.9 Å². The van der Waals surface area contributed by atoms with Gasteiger partial charge in [0.05, 0.1) is 18.7 Å². The Morgan fingerprint density at radius 3 is 2.77 bits per heavy atom. The lowest BCUT2D eigenvalue weighted by Crippen LogP contribution is -2.48. The van der Waals surface area contributed by atoms with Crippen LogP contribution in [0.1, 0.15) is 31.9 Å². The third-order valence-electron chi connectivity index (χ3n) is 3.63. The van der Waals surface area contributed by atoms with E-state index in [1.54, 1.807) is 11.8 Å². The van der Waals surface area contributed by atoms with Gasteiger partial charge in [-0.25, -0.2) is 9.59 Å². The third kappa shape index (κ3) is 3.16. The van der Waals surface area contributed by atoms with Gasteiger partial charge in [0, 0.05) is 16.7 Å². The van der Waals surface area contributed by atoms with Crippen molar-refractivity contribution in [2.45, 2.75) is 26.3 Å². The fraction of sp³-hybridized carbons (Fsp3) is 0.375. The Hall–Kier alpha value is -1.82. The number of nitrogens with one attached hydrogen (secondary N) is 1. The molecule has 1 aliphatic rings. The van der Waals surface area contributed by atoms with Crippen LogP contribution >= 0.6 is 15.9 Å². The van der Waals surface area contributed by atoms with Gasteiger partial charge >= 0.3 is 12.0 Å². The van der Waals surface area contributed by atoms with Crippen molar-refractivity contribution in [1.82, 2.24) is 10.2 Å². The van der Waals surface area contributed by atoms with Crippen LogP contribution < -0.4 is 5.32 Å². The third-order valence-corrected chi connectivity index (χ3v) is 4.12. The SMILES string of the molecule is CCCN1C(=O)N[C@@H](c2cccc(Br)c2)C(C(=O)OC)=C1C. The number of hydrogen-bond acceptors (Lipinski definition) is 3. The highest BCUT2D eigenvalue weighted by atomic mass is 79.9. The van der Waals surface area contributed by atoms with E-state index in [4.69, 9.17) is 4.74 Å². The second kappa shape index (κ2) is 6.96. The summed E-state index contributed by atoms with van der Waals surface area (Å²) in [5.74, 6) is -0.427. The van der Waals surface area contributed by atoms with Crippen molar-refractivity contribution in [3.8, 4) is 0 Å². The summed E-state index contributed by atoms with van der Waals surface area (Å²) in [5.41, 5.74) is 1.94. The van der Waals surface area contributed by atoms with E-state index in [-0.39, 0.29) is 6.03 Å². The predicted octanol–water partition coefficient (Wildman–Crippen LogP) is 3.37. The number of rotatable bonds is 4. The quantitative estimate of drug-likeness (QED) is 0.831. The first-order valence-corrected chi connectivity index (χ1v) is 7.91. The predicted molar refractivity (Wildman–Crippen MR) is 87.1 cm³/mol. The second-order valence-electron chi connectivity index (χ2n) is 5.08. The molecule has 0 bridgehead atoms. The Kier molecular flexibility index (Phi) is 5.24. The number of hydrogen-bond donors (Lipinski definition) is 1. The summed E-state index contributed by atoms with van der Waals surface area (Å²) in [6, 6.07) is 6.82. The van der Waals surface area contributed by atoms with Crippen LogP contribution in [0.5, 0.6) is 0 Å². The van der Waals surface area contributed by atoms with Crippen LogP contribution in [0, 0.1) is 0 Å². The van der Waals surface area contributed by atoms with Gasteiger partial charge in [-0.05, 0) is 31.0 Å². The van der Waals surface area contributed by atoms with Gasteiger partial charge in [-0.15, -0.1) is 0 Å². The molecule has 2 amide bonds. The van der Waals surface area contributed by atoms with E-state index >= 15 is 0 Å². The van der Waals surface area contributed by atoms with Crippen LogP contribution in [-0.2, 0) is 9.53 Å². The number of esters is 1. The highest BCUT2D eigenvalue weighted by Crippen LogP contribution is 2.32. The number of carbonyl (C=O) groups excluding carboxylic acids is 2. The van der Waals surface area contributed by atoms with Gasteiger partial charge in [-0.2, -0.15) is 0 Å². The number of methoxy groups -OCH3 is 1. The summed E-state index contributed by atoms with van der Waals surface area (Å²) in [7, 11) is 1.35. The maximum atomic E-state index is 12.3. The summed E-state index contributed by atoms with van der Waals surface area (Å²) >= 11 is 3.41. The molecule has 1 heterocycles. The van der Waals surface area contributed by atoms with Crippen molar-refractivity contribution in [3.05, 3.63) is 45.6 Å². The van der Waals surface area contributed by atoms with Crippen molar-refractivity contribution in [3.63, 3.8) is 0 Å². The Labute approximate surface area is 138 Å². The van der Waals surface area contributed by atoms with E-state index in [2.05, 4.69) is 21.2 Å². The van der Waals surface area contributed by atoms with E-state index in [1.165, 1.54) is 7.11 Å². The van der Waals surface area contributed by atoms with Crippen molar-refractivity contribution < 1.29 is 14.3 Å². The first kappa shape index (κ1) is 16.5. The second-order valence-corrected chi connectivity index (χ2v) is 6.00. The monoisotopic (exact) mass is 366 g/mol. The zero-order valence-electron chi connectivity index (χ0n) is 12.9. The minimum Gasteiger partial charge on any atom is -0.466 e. The topological polar surface area (TPSA) is 58.6 Å². The molecule has 0 aliphatic carbocycles. The standard InChI is InChI=1S/C16H19BrN2O3/c1-4-8-19-10(2)13(15(20)22-3)14(18-16(19)21)11-6-5-7-12(17)9-11/h5-7,9,14H,4,8H2,1-3H3,(H,18,21)/t14-/m0/s1. The largest absolute Gasteiger partial charge is 0.466 e.